The van der Waals surface area contributed by atoms with Gasteiger partial charge in [0.1, 0.15) is 11.4 Å². The zero-order valence-electron chi connectivity index (χ0n) is 12.9. The number of benzene rings is 1. The van der Waals surface area contributed by atoms with Crippen molar-refractivity contribution in [2.75, 3.05) is 0 Å². The molecule has 0 spiro atoms. The number of hydrogen-bond acceptors (Lipinski definition) is 3. The molecule has 1 aliphatic rings. The minimum absolute atomic E-state index is 0.104. The van der Waals surface area contributed by atoms with E-state index in [1.807, 2.05) is 18.2 Å². The van der Waals surface area contributed by atoms with Crippen LogP contribution >= 0.6 is 0 Å². The van der Waals surface area contributed by atoms with E-state index in [0.29, 0.717) is 6.54 Å². The van der Waals surface area contributed by atoms with Crippen molar-refractivity contribution in [3.63, 3.8) is 0 Å². The van der Waals surface area contributed by atoms with E-state index in [0.717, 1.165) is 18.4 Å². The molecule has 2 heterocycles. The molecular formula is C18H18N2O3. The minimum atomic E-state index is -1.13. The number of amides is 1. The second kappa shape index (κ2) is 6.20. The van der Waals surface area contributed by atoms with Crippen LogP contribution in [0.25, 0.3) is 0 Å². The third kappa shape index (κ3) is 2.95. The lowest BCUT2D eigenvalue weighted by molar-refractivity contribution is 0.0628. The fraction of sp³-hybridized carbons (Fsp3) is 0.278. The number of carboxylic acids is 1. The molecule has 5 heteroatoms. The van der Waals surface area contributed by atoms with Crippen molar-refractivity contribution in [2.24, 2.45) is 0 Å². The fourth-order valence-corrected chi connectivity index (χ4v) is 3.01. The van der Waals surface area contributed by atoms with E-state index >= 15 is 0 Å². The van der Waals surface area contributed by atoms with Gasteiger partial charge in [-0.3, -0.25) is 4.79 Å². The van der Waals surface area contributed by atoms with Gasteiger partial charge >= 0.3 is 5.97 Å². The Bertz CT molecular complexity index is 757. The van der Waals surface area contributed by atoms with Crippen LogP contribution in [-0.2, 0) is 13.0 Å². The van der Waals surface area contributed by atoms with Crippen LogP contribution < -0.4 is 0 Å². The van der Waals surface area contributed by atoms with Gasteiger partial charge in [-0.15, -0.1) is 0 Å². The number of hydrogen-bond donors (Lipinski definition) is 1. The van der Waals surface area contributed by atoms with Gasteiger partial charge in [-0.25, -0.2) is 9.78 Å². The Morgan fingerprint density at radius 2 is 1.83 bits per heavy atom. The average molecular weight is 310 g/mol. The third-order valence-corrected chi connectivity index (χ3v) is 4.27. The van der Waals surface area contributed by atoms with Crippen LogP contribution in [0.2, 0.25) is 0 Å². The molecule has 0 fully saturated rings. The summed E-state index contributed by atoms with van der Waals surface area (Å²) in [5.41, 5.74) is 2.49. The number of nitrogens with zero attached hydrogens (tertiary/aromatic N) is 2. The lowest BCUT2D eigenvalue weighted by Gasteiger charge is -2.36. The highest BCUT2D eigenvalue weighted by molar-refractivity contribution is 5.94. The van der Waals surface area contributed by atoms with E-state index in [9.17, 15) is 9.59 Å². The maximum Gasteiger partial charge on any atom is 0.354 e. The van der Waals surface area contributed by atoms with Crippen LogP contribution in [0.3, 0.4) is 0 Å². The van der Waals surface area contributed by atoms with Crippen LogP contribution in [0.4, 0.5) is 0 Å². The first kappa shape index (κ1) is 15.2. The molecule has 5 nitrogen and oxygen atoms in total. The van der Waals surface area contributed by atoms with Gasteiger partial charge in [0.25, 0.3) is 5.91 Å². The molecule has 0 saturated heterocycles. The van der Waals surface area contributed by atoms with Crippen molar-refractivity contribution >= 4 is 11.9 Å². The van der Waals surface area contributed by atoms with Gasteiger partial charge in [0, 0.05) is 12.6 Å². The van der Waals surface area contributed by atoms with Gasteiger partial charge in [-0.1, -0.05) is 37.3 Å². The minimum Gasteiger partial charge on any atom is -0.477 e. The van der Waals surface area contributed by atoms with Crippen LogP contribution in [0.15, 0.2) is 42.5 Å². The summed E-state index contributed by atoms with van der Waals surface area (Å²) >= 11 is 0. The molecular weight excluding hydrogens is 292 g/mol. The lowest BCUT2D eigenvalue weighted by Crippen LogP contribution is -2.44. The number of aromatic nitrogens is 1. The van der Waals surface area contributed by atoms with E-state index in [-0.39, 0.29) is 23.3 Å². The van der Waals surface area contributed by atoms with Crippen molar-refractivity contribution in [3.8, 4) is 0 Å². The summed E-state index contributed by atoms with van der Waals surface area (Å²) in [5.74, 6) is -1.34. The van der Waals surface area contributed by atoms with Crippen LogP contribution in [0.1, 0.15) is 45.4 Å². The predicted molar refractivity (Wildman–Crippen MR) is 85.3 cm³/mol. The second-order valence-electron chi connectivity index (χ2n) is 5.68. The van der Waals surface area contributed by atoms with Gasteiger partial charge in [0.05, 0.1) is 0 Å². The molecule has 118 valence electrons. The Hall–Kier alpha value is -2.69. The summed E-state index contributed by atoms with van der Waals surface area (Å²) in [7, 11) is 0. The van der Waals surface area contributed by atoms with Crippen molar-refractivity contribution in [1.29, 1.82) is 0 Å². The Morgan fingerprint density at radius 3 is 2.52 bits per heavy atom. The van der Waals surface area contributed by atoms with Crippen molar-refractivity contribution in [1.82, 2.24) is 9.88 Å². The summed E-state index contributed by atoms with van der Waals surface area (Å²) < 4.78 is 0. The molecule has 1 atom stereocenters. The van der Waals surface area contributed by atoms with Crippen molar-refractivity contribution in [3.05, 3.63) is 65.0 Å². The Balaban J connectivity index is 1.92. The van der Waals surface area contributed by atoms with E-state index in [1.54, 1.807) is 17.0 Å². The number of carbonyl (C=O) groups excluding carboxylic acids is 1. The van der Waals surface area contributed by atoms with Crippen LogP contribution in [0, 0.1) is 0 Å². The number of fused-ring (bicyclic) bond motifs is 1. The highest BCUT2D eigenvalue weighted by Gasteiger charge is 2.29. The monoisotopic (exact) mass is 310 g/mol. The summed E-state index contributed by atoms with van der Waals surface area (Å²) in [6, 6.07) is 12.7. The lowest BCUT2D eigenvalue weighted by atomic mass is 9.92. The Kier molecular flexibility index (Phi) is 4.10. The standard InChI is InChI=1S/C18H18N2O3/c1-2-14-10-12-6-3-4-7-13(12)11-20(14)17(21)15-8-5-9-16(19-15)18(22)23/h3-9,14H,2,10-11H2,1H3,(H,22,23). The SMILES string of the molecule is CCC1Cc2ccccc2CN1C(=O)c1cccc(C(=O)O)n1. The van der Waals surface area contributed by atoms with Gasteiger partial charge < -0.3 is 10.0 Å². The summed E-state index contributed by atoms with van der Waals surface area (Å²) in [5, 5.41) is 9.04. The molecule has 0 aliphatic carbocycles. The topological polar surface area (TPSA) is 70.5 Å². The van der Waals surface area contributed by atoms with Gasteiger partial charge in [-0.05, 0) is 36.1 Å². The normalized spacial score (nSPS) is 16.7. The number of carboxylic acid groups (broad SMARTS) is 1. The van der Waals surface area contributed by atoms with Crippen molar-refractivity contribution in [2.45, 2.75) is 32.4 Å². The molecule has 1 aliphatic heterocycles. The third-order valence-electron chi connectivity index (χ3n) is 4.27. The van der Waals surface area contributed by atoms with Gasteiger partial charge in [-0.2, -0.15) is 0 Å². The quantitative estimate of drug-likeness (QED) is 0.946. The maximum absolute atomic E-state index is 12.8. The first-order chi connectivity index (χ1) is 11.1. The molecule has 1 N–H and O–H groups in total. The second-order valence-corrected chi connectivity index (χ2v) is 5.68. The molecule has 0 radical (unpaired) electrons. The van der Waals surface area contributed by atoms with Crippen LogP contribution in [0.5, 0.6) is 0 Å². The molecule has 1 aromatic heterocycles. The molecule has 2 aromatic rings. The zero-order chi connectivity index (χ0) is 16.4. The van der Waals surface area contributed by atoms with E-state index in [1.165, 1.54) is 11.6 Å². The number of aromatic carboxylic acids is 1. The maximum atomic E-state index is 12.8. The first-order valence-electron chi connectivity index (χ1n) is 7.68. The molecule has 23 heavy (non-hydrogen) atoms. The van der Waals surface area contributed by atoms with Gasteiger partial charge in [0.2, 0.25) is 0 Å². The fourth-order valence-electron chi connectivity index (χ4n) is 3.01. The highest BCUT2D eigenvalue weighted by atomic mass is 16.4. The number of pyridine rings is 1. The summed E-state index contributed by atoms with van der Waals surface area (Å²) in [6.07, 6.45) is 1.66. The molecule has 0 saturated carbocycles. The van der Waals surface area contributed by atoms with Crippen molar-refractivity contribution < 1.29 is 14.7 Å². The summed E-state index contributed by atoms with van der Waals surface area (Å²) in [4.78, 5) is 29.7. The average Bonchev–Trinajstić information content (AvgIpc) is 2.60. The molecule has 1 aromatic carbocycles. The molecule has 0 bridgehead atoms. The van der Waals surface area contributed by atoms with Crippen LogP contribution in [-0.4, -0.2) is 32.9 Å². The largest absolute Gasteiger partial charge is 0.477 e. The summed E-state index contributed by atoms with van der Waals surface area (Å²) in [6.45, 7) is 2.59. The molecule has 1 amide bonds. The molecule has 1 unspecified atom stereocenters. The number of rotatable bonds is 3. The first-order valence-corrected chi connectivity index (χ1v) is 7.68. The Morgan fingerprint density at radius 1 is 1.13 bits per heavy atom. The molecule has 3 rings (SSSR count). The van der Waals surface area contributed by atoms with Gasteiger partial charge in [0.15, 0.2) is 0 Å². The van der Waals surface area contributed by atoms with E-state index in [2.05, 4.69) is 18.0 Å². The predicted octanol–water partition coefficient (Wildman–Crippen LogP) is 2.76. The van der Waals surface area contributed by atoms with E-state index < -0.39 is 5.97 Å². The van der Waals surface area contributed by atoms with E-state index in [4.69, 9.17) is 5.11 Å². The zero-order valence-corrected chi connectivity index (χ0v) is 12.9. The smallest absolute Gasteiger partial charge is 0.354 e. The number of carbonyl (C=O) groups is 2. The highest BCUT2D eigenvalue weighted by Crippen LogP contribution is 2.26. The Labute approximate surface area is 134 Å².